The van der Waals surface area contributed by atoms with Gasteiger partial charge in [0.1, 0.15) is 5.76 Å². The van der Waals surface area contributed by atoms with Crippen LogP contribution in [-0.2, 0) is 11.3 Å². The van der Waals surface area contributed by atoms with Gasteiger partial charge >= 0.3 is 0 Å². The van der Waals surface area contributed by atoms with Gasteiger partial charge in [-0.1, -0.05) is 18.2 Å². The van der Waals surface area contributed by atoms with Crippen molar-refractivity contribution in [2.75, 3.05) is 19.6 Å². The molecule has 0 bridgehead atoms. The molecule has 1 aliphatic rings. The molecule has 3 heterocycles. The normalized spacial score (nSPS) is 13.8. The molecule has 3 aromatic rings. The summed E-state index contributed by atoms with van der Waals surface area (Å²) < 4.78 is 5.61. The molecular weight excluding hydrogens is 404 g/mol. The van der Waals surface area contributed by atoms with Crippen LogP contribution in [0, 0.1) is 6.92 Å². The van der Waals surface area contributed by atoms with E-state index in [-0.39, 0.29) is 30.0 Å². The van der Waals surface area contributed by atoms with Gasteiger partial charge in [0.2, 0.25) is 11.8 Å². The van der Waals surface area contributed by atoms with E-state index in [1.54, 1.807) is 31.2 Å². The molecule has 0 spiro atoms. The lowest BCUT2D eigenvalue weighted by molar-refractivity contribution is -0.123. The quantitative estimate of drug-likeness (QED) is 0.654. The number of hydrogen-bond acceptors (Lipinski definition) is 6. The summed E-state index contributed by atoms with van der Waals surface area (Å²) in [6, 6.07) is 10.7. The van der Waals surface area contributed by atoms with E-state index < -0.39 is 0 Å². The van der Waals surface area contributed by atoms with Crippen molar-refractivity contribution < 1.29 is 18.8 Å². The fourth-order valence-corrected chi connectivity index (χ4v) is 3.79. The van der Waals surface area contributed by atoms with Gasteiger partial charge in [0.25, 0.3) is 11.8 Å². The molecule has 3 amide bonds. The fourth-order valence-electron chi connectivity index (χ4n) is 3.14. The summed E-state index contributed by atoms with van der Waals surface area (Å²) in [5.74, 6) is 0.238. The molecule has 0 radical (unpaired) electrons. The molecule has 4 rings (SSSR count). The highest BCUT2D eigenvalue weighted by molar-refractivity contribution is 7.13. The summed E-state index contributed by atoms with van der Waals surface area (Å²) in [6.07, 6.45) is 0. The molecular formula is C21H20N4O4S. The predicted molar refractivity (Wildman–Crippen MR) is 111 cm³/mol. The third-order valence-corrected chi connectivity index (χ3v) is 5.58. The number of rotatable bonds is 5. The van der Waals surface area contributed by atoms with E-state index in [4.69, 9.17) is 4.42 Å². The summed E-state index contributed by atoms with van der Waals surface area (Å²) >= 11 is 1.49. The van der Waals surface area contributed by atoms with Gasteiger partial charge in [-0.15, -0.1) is 11.3 Å². The van der Waals surface area contributed by atoms with Crippen molar-refractivity contribution in [1.82, 2.24) is 20.5 Å². The number of aryl methyl sites for hydroxylation is 1. The molecule has 2 N–H and O–H groups in total. The van der Waals surface area contributed by atoms with Crippen LogP contribution < -0.4 is 10.6 Å². The van der Waals surface area contributed by atoms with E-state index in [0.29, 0.717) is 36.8 Å². The van der Waals surface area contributed by atoms with E-state index in [9.17, 15) is 14.4 Å². The molecule has 154 valence electrons. The lowest BCUT2D eigenvalue weighted by atomic mass is 10.1. The Morgan fingerprint density at radius 1 is 1.27 bits per heavy atom. The molecule has 2 aromatic heterocycles. The van der Waals surface area contributed by atoms with E-state index in [2.05, 4.69) is 15.6 Å². The first kappa shape index (κ1) is 19.8. The van der Waals surface area contributed by atoms with Crippen molar-refractivity contribution >= 4 is 29.1 Å². The number of aromatic nitrogens is 1. The summed E-state index contributed by atoms with van der Waals surface area (Å²) in [4.78, 5) is 43.2. The zero-order valence-corrected chi connectivity index (χ0v) is 17.1. The second kappa shape index (κ2) is 8.50. The summed E-state index contributed by atoms with van der Waals surface area (Å²) in [5.41, 5.74) is 1.61. The third-order valence-electron chi connectivity index (χ3n) is 4.72. The monoisotopic (exact) mass is 424 g/mol. The maximum absolute atomic E-state index is 12.5. The van der Waals surface area contributed by atoms with Crippen LogP contribution in [0.15, 0.2) is 46.2 Å². The average molecular weight is 424 g/mol. The van der Waals surface area contributed by atoms with Gasteiger partial charge in [0, 0.05) is 25.2 Å². The SMILES string of the molecule is Cc1oc(-c2cccs2)nc1C(=O)NCc1ccc(C(=O)N2CCNC(=O)C2)cc1. The molecule has 9 heteroatoms. The smallest absolute Gasteiger partial charge is 0.273 e. The number of thiophene rings is 1. The first-order valence-corrected chi connectivity index (χ1v) is 10.3. The minimum Gasteiger partial charge on any atom is -0.440 e. The number of nitrogens with zero attached hydrogens (tertiary/aromatic N) is 2. The number of carbonyl (C=O) groups excluding carboxylic acids is 3. The topological polar surface area (TPSA) is 105 Å². The van der Waals surface area contributed by atoms with Crippen LogP contribution in [0.5, 0.6) is 0 Å². The molecule has 30 heavy (non-hydrogen) atoms. The molecule has 8 nitrogen and oxygen atoms in total. The Kier molecular flexibility index (Phi) is 5.62. The van der Waals surface area contributed by atoms with Crippen LogP contribution in [0.1, 0.15) is 32.2 Å². The van der Waals surface area contributed by atoms with Crippen molar-refractivity contribution in [2.45, 2.75) is 13.5 Å². The molecule has 0 aliphatic carbocycles. The van der Waals surface area contributed by atoms with E-state index in [0.717, 1.165) is 10.4 Å². The summed E-state index contributed by atoms with van der Waals surface area (Å²) in [5, 5.41) is 7.44. The molecule has 1 saturated heterocycles. The minimum absolute atomic E-state index is 0.0706. The first-order chi connectivity index (χ1) is 14.5. The molecule has 1 aromatic carbocycles. The second-order valence-corrected chi connectivity index (χ2v) is 7.81. The van der Waals surface area contributed by atoms with Crippen LogP contribution in [0.3, 0.4) is 0 Å². The van der Waals surface area contributed by atoms with Crippen LogP contribution >= 0.6 is 11.3 Å². The average Bonchev–Trinajstić information content (AvgIpc) is 3.42. The van der Waals surface area contributed by atoms with Gasteiger partial charge in [-0.2, -0.15) is 0 Å². The van der Waals surface area contributed by atoms with E-state index in [1.165, 1.54) is 16.2 Å². The van der Waals surface area contributed by atoms with Crippen molar-refractivity contribution in [3.63, 3.8) is 0 Å². The number of benzene rings is 1. The number of nitrogens with one attached hydrogen (secondary N) is 2. The van der Waals surface area contributed by atoms with Gasteiger partial charge in [-0.3, -0.25) is 14.4 Å². The van der Waals surface area contributed by atoms with E-state index >= 15 is 0 Å². The minimum atomic E-state index is -0.321. The Morgan fingerprint density at radius 3 is 2.77 bits per heavy atom. The van der Waals surface area contributed by atoms with Crippen molar-refractivity contribution in [3.05, 3.63) is 64.4 Å². The molecule has 1 fully saturated rings. The van der Waals surface area contributed by atoms with Gasteiger partial charge in [-0.25, -0.2) is 4.98 Å². The number of hydrogen-bond donors (Lipinski definition) is 2. The Morgan fingerprint density at radius 2 is 2.07 bits per heavy atom. The zero-order chi connectivity index (χ0) is 21.1. The van der Waals surface area contributed by atoms with Gasteiger partial charge in [0.15, 0.2) is 5.69 Å². The molecule has 0 unspecified atom stereocenters. The molecule has 1 aliphatic heterocycles. The van der Waals surface area contributed by atoms with Crippen LogP contribution in [-0.4, -0.2) is 47.2 Å². The Bertz CT molecular complexity index is 1070. The van der Waals surface area contributed by atoms with Crippen LogP contribution in [0.4, 0.5) is 0 Å². The number of amides is 3. The maximum Gasteiger partial charge on any atom is 0.273 e. The molecule has 0 atom stereocenters. The largest absolute Gasteiger partial charge is 0.440 e. The van der Waals surface area contributed by atoms with Crippen molar-refractivity contribution in [2.24, 2.45) is 0 Å². The van der Waals surface area contributed by atoms with Crippen LogP contribution in [0.2, 0.25) is 0 Å². The highest BCUT2D eigenvalue weighted by Gasteiger charge is 2.22. The van der Waals surface area contributed by atoms with Crippen molar-refractivity contribution in [3.8, 4) is 10.8 Å². The molecule has 0 saturated carbocycles. The fraction of sp³-hybridized carbons (Fsp3) is 0.238. The highest BCUT2D eigenvalue weighted by Crippen LogP contribution is 2.25. The lowest BCUT2D eigenvalue weighted by Gasteiger charge is -2.26. The Hall–Kier alpha value is -3.46. The van der Waals surface area contributed by atoms with Gasteiger partial charge < -0.3 is 20.0 Å². The summed E-state index contributed by atoms with van der Waals surface area (Å²) in [6.45, 7) is 3.03. The number of oxazole rings is 1. The number of carbonyl (C=O) groups is 3. The Labute approximate surface area is 176 Å². The summed E-state index contributed by atoms with van der Waals surface area (Å²) in [7, 11) is 0. The highest BCUT2D eigenvalue weighted by atomic mass is 32.1. The maximum atomic E-state index is 12.5. The zero-order valence-electron chi connectivity index (χ0n) is 16.3. The van der Waals surface area contributed by atoms with Crippen molar-refractivity contribution in [1.29, 1.82) is 0 Å². The van der Waals surface area contributed by atoms with Crippen LogP contribution in [0.25, 0.3) is 10.8 Å². The van der Waals surface area contributed by atoms with E-state index in [1.807, 2.05) is 17.5 Å². The van der Waals surface area contributed by atoms with Gasteiger partial charge in [-0.05, 0) is 36.1 Å². The standard InChI is InChI=1S/C21H20N4O4S/c1-13-18(24-20(29-13)16-3-2-10-30-16)19(27)23-11-14-4-6-15(7-5-14)21(28)25-9-8-22-17(26)12-25/h2-7,10H,8-9,11-12H2,1H3,(H,22,26)(H,23,27). The lowest BCUT2D eigenvalue weighted by Crippen LogP contribution is -2.49. The third kappa shape index (κ3) is 4.25. The number of piperazine rings is 1. The second-order valence-electron chi connectivity index (χ2n) is 6.86. The first-order valence-electron chi connectivity index (χ1n) is 9.45. The predicted octanol–water partition coefficient (Wildman–Crippen LogP) is 2.21. The van der Waals surface area contributed by atoms with Gasteiger partial charge in [0.05, 0.1) is 11.4 Å². The Balaban J connectivity index is 1.37.